The minimum absolute atomic E-state index is 0.444. The van der Waals surface area contributed by atoms with Crippen molar-refractivity contribution in [1.82, 2.24) is 15.0 Å². The van der Waals surface area contributed by atoms with Crippen molar-refractivity contribution < 1.29 is 4.74 Å². The maximum atomic E-state index is 6.60. The topological polar surface area (TPSA) is 47.9 Å². The van der Waals surface area contributed by atoms with Crippen LogP contribution in [0.4, 0.5) is 0 Å². The maximum absolute atomic E-state index is 6.60. The molecule has 0 bridgehead atoms. The fourth-order valence-electron chi connectivity index (χ4n) is 8.95. The van der Waals surface area contributed by atoms with Gasteiger partial charge in [0, 0.05) is 49.2 Å². The number of aromatic nitrogens is 3. The molecule has 1 unspecified atom stereocenters. The lowest BCUT2D eigenvalue weighted by atomic mass is 9.89. The Morgan fingerprint density at radius 2 is 1.47 bits per heavy atom. The number of fused-ring (bicyclic) bond motifs is 8. The molecule has 1 aliphatic heterocycles. The van der Waals surface area contributed by atoms with E-state index in [1.807, 2.05) is 41.7 Å². The van der Waals surface area contributed by atoms with E-state index < -0.39 is 0 Å². The predicted octanol–water partition coefficient (Wildman–Crippen LogP) is 13.3. The summed E-state index contributed by atoms with van der Waals surface area (Å²) in [6, 6.07) is 42.9. The highest BCUT2D eigenvalue weighted by molar-refractivity contribution is 7.26. The standard InChI is InChI=1S/C50H35N3OS/c1-3-34-36-17-8-9-18-37(36)38-25-24-35(29(2)45(34)38)31-23-26-43-41(28-31)46-39(19-12-22-44(46)55-43)49-51-48(30-13-5-4-6-14-30)52-50(53-49)40-20-11-16-33-27-32-15-7-10-21-42(32)54-47(33)40/h3-17,19-26,28,37H,18,27H2,1-2H3/b34-3-. The number of hydrogen-bond donors (Lipinski definition) is 0. The van der Waals surface area contributed by atoms with Gasteiger partial charge in [-0.1, -0.05) is 115 Å². The first-order chi connectivity index (χ1) is 27.1. The molecule has 11 rings (SSSR count). The number of rotatable bonds is 4. The van der Waals surface area contributed by atoms with Crippen LogP contribution in [-0.2, 0) is 6.42 Å². The van der Waals surface area contributed by atoms with Crippen molar-refractivity contribution in [3.8, 4) is 56.8 Å². The van der Waals surface area contributed by atoms with E-state index >= 15 is 0 Å². The van der Waals surface area contributed by atoms with Gasteiger partial charge in [0.15, 0.2) is 17.5 Å². The molecule has 2 aliphatic carbocycles. The quantitative estimate of drug-likeness (QED) is 0.181. The Morgan fingerprint density at radius 3 is 2.36 bits per heavy atom. The molecule has 55 heavy (non-hydrogen) atoms. The first-order valence-corrected chi connectivity index (χ1v) is 19.8. The molecule has 8 aromatic rings. The highest BCUT2D eigenvalue weighted by Gasteiger charge is 2.33. The number of nitrogens with zero attached hydrogens (tertiary/aromatic N) is 3. The molecule has 2 aromatic heterocycles. The largest absolute Gasteiger partial charge is 0.456 e. The van der Waals surface area contributed by atoms with Gasteiger partial charge in [-0.25, -0.2) is 15.0 Å². The summed E-state index contributed by atoms with van der Waals surface area (Å²) in [5.41, 5.74) is 14.6. The first kappa shape index (κ1) is 32.0. The Bertz CT molecular complexity index is 2990. The van der Waals surface area contributed by atoms with E-state index in [1.165, 1.54) is 59.3 Å². The average Bonchev–Trinajstić information content (AvgIpc) is 3.78. The molecule has 0 amide bonds. The van der Waals surface area contributed by atoms with E-state index in [4.69, 9.17) is 19.7 Å². The summed E-state index contributed by atoms with van der Waals surface area (Å²) in [6.07, 6.45) is 11.0. The molecule has 0 fully saturated rings. The van der Waals surface area contributed by atoms with Gasteiger partial charge >= 0.3 is 0 Å². The van der Waals surface area contributed by atoms with E-state index in [0.717, 1.165) is 52.0 Å². The number of hydrogen-bond acceptors (Lipinski definition) is 5. The third-order valence-electron chi connectivity index (χ3n) is 11.5. The van der Waals surface area contributed by atoms with Crippen molar-refractivity contribution >= 4 is 37.1 Å². The van der Waals surface area contributed by atoms with Crippen LogP contribution in [0.1, 0.15) is 47.1 Å². The molecule has 4 nitrogen and oxygen atoms in total. The molecule has 0 N–H and O–H groups in total. The Balaban J connectivity index is 1.09. The van der Waals surface area contributed by atoms with Crippen LogP contribution in [0.25, 0.3) is 71.0 Å². The Labute approximate surface area is 323 Å². The van der Waals surface area contributed by atoms with E-state index in [2.05, 4.69) is 129 Å². The molecule has 0 spiro atoms. The van der Waals surface area contributed by atoms with Crippen LogP contribution in [0, 0.1) is 6.92 Å². The third kappa shape index (κ3) is 5.07. The van der Waals surface area contributed by atoms with Crippen molar-refractivity contribution in [2.24, 2.45) is 0 Å². The van der Waals surface area contributed by atoms with Crippen LogP contribution in [0.2, 0.25) is 0 Å². The second kappa shape index (κ2) is 12.6. The summed E-state index contributed by atoms with van der Waals surface area (Å²) in [6.45, 7) is 4.47. The van der Waals surface area contributed by atoms with Crippen molar-refractivity contribution in [1.29, 1.82) is 0 Å². The van der Waals surface area contributed by atoms with Crippen LogP contribution in [0.5, 0.6) is 11.5 Å². The number of para-hydroxylation sites is 2. The lowest BCUT2D eigenvalue weighted by Crippen LogP contribution is -2.06. The summed E-state index contributed by atoms with van der Waals surface area (Å²) in [4.78, 5) is 15.6. The third-order valence-corrected chi connectivity index (χ3v) is 12.7. The molecule has 1 atom stereocenters. The summed E-state index contributed by atoms with van der Waals surface area (Å²) < 4.78 is 9.04. The van der Waals surface area contributed by atoms with E-state index in [0.29, 0.717) is 23.4 Å². The summed E-state index contributed by atoms with van der Waals surface area (Å²) in [7, 11) is 0. The van der Waals surface area contributed by atoms with E-state index in [1.54, 1.807) is 0 Å². The van der Waals surface area contributed by atoms with Crippen LogP contribution in [0.15, 0.2) is 151 Å². The highest BCUT2D eigenvalue weighted by atomic mass is 32.1. The number of ether oxygens (including phenoxy) is 1. The fraction of sp³-hybridized carbons (Fsp3) is 0.100. The Kier molecular flexibility index (Phi) is 7.33. The van der Waals surface area contributed by atoms with Gasteiger partial charge in [0.2, 0.25) is 0 Å². The summed E-state index contributed by atoms with van der Waals surface area (Å²) in [5, 5.41) is 2.37. The fourth-order valence-corrected chi connectivity index (χ4v) is 10.1. The monoisotopic (exact) mass is 725 g/mol. The second-order valence-corrected chi connectivity index (χ2v) is 15.7. The van der Waals surface area contributed by atoms with Crippen LogP contribution in [-0.4, -0.2) is 15.0 Å². The molecule has 6 aromatic carbocycles. The van der Waals surface area contributed by atoms with Gasteiger partial charge in [0.1, 0.15) is 11.5 Å². The molecule has 3 heterocycles. The molecule has 5 heteroatoms. The van der Waals surface area contributed by atoms with Gasteiger partial charge < -0.3 is 4.74 Å². The molecular formula is C50H35N3OS. The van der Waals surface area contributed by atoms with Crippen LogP contribution in [0.3, 0.4) is 0 Å². The molecular weight excluding hydrogens is 691 g/mol. The zero-order valence-corrected chi connectivity index (χ0v) is 31.3. The van der Waals surface area contributed by atoms with Gasteiger partial charge in [-0.05, 0) is 95.1 Å². The lowest BCUT2D eigenvalue weighted by molar-refractivity contribution is 0.461. The summed E-state index contributed by atoms with van der Waals surface area (Å²) in [5.74, 6) is 3.99. The second-order valence-electron chi connectivity index (χ2n) is 14.6. The zero-order valence-electron chi connectivity index (χ0n) is 30.5. The van der Waals surface area contributed by atoms with Crippen molar-refractivity contribution in [3.05, 3.63) is 179 Å². The predicted molar refractivity (Wildman–Crippen MR) is 227 cm³/mol. The molecule has 0 saturated heterocycles. The highest BCUT2D eigenvalue weighted by Crippen LogP contribution is 2.52. The van der Waals surface area contributed by atoms with Gasteiger partial charge in [0.05, 0.1) is 5.56 Å². The first-order valence-electron chi connectivity index (χ1n) is 19.0. The Morgan fingerprint density at radius 1 is 0.691 bits per heavy atom. The lowest BCUT2D eigenvalue weighted by Gasteiger charge is -2.22. The van der Waals surface area contributed by atoms with Gasteiger partial charge in [-0.3, -0.25) is 0 Å². The SMILES string of the molecule is C/C=C1/C2=CC=CCC2c2ccc(-c3ccc4sc5cccc(-c6nc(-c7ccccc7)nc(-c7cccc8c7Oc7ccccc7C8)n6)c5c4c3)c(C)c21. The average molecular weight is 726 g/mol. The van der Waals surface area contributed by atoms with Crippen molar-refractivity contribution in [2.45, 2.75) is 32.6 Å². The van der Waals surface area contributed by atoms with Crippen molar-refractivity contribution in [3.63, 3.8) is 0 Å². The summed E-state index contributed by atoms with van der Waals surface area (Å²) >= 11 is 1.81. The van der Waals surface area contributed by atoms with E-state index in [-0.39, 0.29) is 0 Å². The molecule has 0 saturated carbocycles. The minimum atomic E-state index is 0.444. The number of benzene rings is 6. The molecule has 262 valence electrons. The Hall–Kier alpha value is -6.43. The maximum Gasteiger partial charge on any atom is 0.167 e. The van der Waals surface area contributed by atoms with E-state index in [9.17, 15) is 0 Å². The van der Waals surface area contributed by atoms with Crippen molar-refractivity contribution in [2.75, 3.05) is 0 Å². The molecule has 3 aliphatic rings. The van der Waals surface area contributed by atoms with Crippen LogP contribution < -0.4 is 4.74 Å². The smallest absolute Gasteiger partial charge is 0.167 e. The van der Waals surface area contributed by atoms with Gasteiger partial charge in [-0.15, -0.1) is 11.3 Å². The van der Waals surface area contributed by atoms with Gasteiger partial charge in [-0.2, -0.15) is 0 Å². The normalized spacial score (nSPS) is 16.1. The minimum Gasteiger partial charge on any atom is -0.456 e. The molecule has 0 radical (unpaired) electrons. The van der Waals surface area contributed by atoms with Gasteiger partial charge in [0.25, 0.3) is 0 Å². The number of thiophene rings is 1. The number of allylic oxidation sites excluding steroid dienone is 6. The zero-order chi connectivity index (χ0) is 36.6. The van der Waals surface area contributed by atoms with Crippen LogP contribution >= 0.6 is 11.3 Å².